The van der Waals surface area contributed by atoms with Gasteiger partial charge in [0, 0.05) is 4.47 Å². The van der Waals surface area contributed by atoms with Crippen molar-refractivity contribution in [1.82, 2.24) is 0 Å². The Morgan fingerprint density at radius 3 is 2.53 bits per heavy atom. The maximum Gasteiger partial charge on any atom is 0.0175 e. The van der Waals surface area contributed by atoms with E-state index in [0.717, 1.165) is 10.4 Å². The normalized spacial score (nSPS) is 20.1. The van der Waals surface area contributed by atoms with Crippen molar-refractivity contribution in [2.24, 2.45) is 5.92 Å². The zero-order valence-electron chi connectivity index (χ0n) is 8.91. The standard InChI is InChI=1S/C14H15Br/c1-2-11-3-5-12(6-4-11)13-7-9-14(15)10-8-13/h3,5-11H,2,4H2,1H3. The Morgan fingerprint density at radius 1 is 1.27 bits per heavy atom. The molecule has 0 nitrogen and oxygen atoms in total. The lowest BCUT2D eigenvalue weighted by atomic mass is 9.92. The summed E-state index contributed by atoms with van der Waals surface area (Å²) in [6.45, 7) is 2.24. The van der Waals surface area contributed by atoms with Gasteiger partial charge in [0.15, 0.2) is 0 Å². The lowest BCUT2D eigenvalue weighted by Crippen LogP contribution is -1.97. The molecule has 1 unspecified atom stereocenters. The molecule has 0 amide bonds. The lowest BCUT2D eigenvalue weighted by molar-refractivity contribution is 0.634. The Hall–Kier alpha value is -0.820. The summed E-state index contributed by atoms with van der Waals surface area (Å²) in [6.07, 6.45) is 9.34. The van der Waals surface area contributed by atoms with Gasteiger partial charge in [-0.25, -0.2) is 0 Å². The van der Waals surface area contributed by atoms with Crippen molar-refractivity contribution in [2.45, 2.75) is 19.8 Å². The van der Waals surface area contributed by atoms with Crippen LogP contribution in [0.3, 0.4) is 0 Å². The number of hydrogen-bond donors (Lipinski definition) is 0. The first-order valence-electron chi connectivity index (χ1n) is 5.44. The number of halogens is 1. The minimum atomic E-state index is 0.740. The fourth-order valence-corrected chi connectivity index (χ4v) is 2.09. The molecule has 0 saturated carbocycles. The number of hydrogen-bond acceptors (Lipinski definition) is 0. The first-order valence-corrected chi connectivity index (χ1v) is 6.23. The fourth-order valence-electron chi connectivity index (χ4n) is 1.82. The predicted molar refractivity (Wildman–Crippen MR) is 69.7 cm³/mol. The van der Waals surface area contributed by atoms with E-state index in [4.69, 9.17) is 0 Å². The third-order valence-corrected chi connectivity index (χ3v) is 3.42. The van der Waals surface area contributed by atoms with Crippen molar-refractivity contribution in [3.63, 3.8) is 0 Å². The molecule has 0 aromatic heterocycles. The van der Waals surface area contributed by atoms with Gasteiger partial charge >= 0.3 is 0 Å². The van der Waals surface area contributed by atoms with Crippen LogP contribution >= 0.6 is 15.9 Å². The van der Waals surface area contributed by atoms with Crippen LogP contribution in [0.1, 0.15) is 25.3 Å². The molecule has 0 heterocycles. The van der Waals surface area contributed by atoms with Crippen LogP contribution in [-0.2, 0) is 0 Å². The molecule has 15 heavy (non-hydrogen) atoms. The second-order valence-corrected chi connectivity index (χ2v) is 4.85. The van der Waals surface area contributed by atoms with Gasteiger partial charge in [0.05, 0.1) is 0 Å². The molecule has 2 rings (SSSR count). The molecule has 1 atom stereocenters. The highest BCUT2D eigenvalue weighted by molar-refractivity contribution is 9.10. The van der Waals surface area contributed by atoms with E-state index in [1.54, 1.807) is 0 Å². The lowest BCUT2D eigenvalue weighted by Gasteiger charge is -2.14. The van der Waals surface area contributed by atoms with Gasteiger partial charge in [-0.1, -0.05) is 53.2 Å². The third-order valence-electron chi connectivity index (χ3n) is 2.89. The molecule has 1 heteroatoms. The highest BCUT2D eigenvalue weighted by atomic mass is 79.9. The molecule has 1 aliphatic rings. The van der Waals surface area contributed by atoms with Crippen LogP contribution in [0.15, 0.2) is 47.0 Å². The van der Waals surface area contributed by atoms with Crippen LogP contribution in [-0.4, -0.2) is 0 Å². The molecule has 1 aliphatic carbocycles. The summed E-state index contributed by atoms with van der Waals surface area (Å²) >= 11 is 3.45. The maximum absolute atomic E-state index is 3.45. The molecule has 0 aliphatic heterocycles. The molecule has 0 fully saturated rings. The zero-order chi connectivity index (χ0) is 10.7. The van der Waals surface area contributed by atoms with E-state index in [9.17, 15) is 0 Å². The molecule has 1 aromatic carbocycles. The van der Waals surface area contributed by atoms with Gasteiger partial charge in [0.25, 0.3) is 0 Å². The van der Waals surface area contributed by atoms with Gasteiger partial charge in [-0.2, -0.15) is 0 Å². The molecule has 78 valence electrons. The van der Waals surface area contributed by atoms with E-state index in [1.807, 2.05) is 0 Å². The number of benzene rings is 1. The van der Waals surface area contributed by atoms with Crippen molar-refractivity contribution in [3.05, 3.63) is 52.5 Å². The summed E-state index contributed by atoms with van der Waals surface area (Å²) in [5.41, 5.74) is 2.66. The van der Waals surface area contributed by atoms with Crippen LogP contribution in [0.4, 0.5) is 0 Å². The van der Waals surface area contributed by atoms with Crippen molar-refractivity contribution in [3.8, 4) is 0 Å². The summed E-state index contributed by atoms with van der Waals surface area (Å²) in [6, 6.07) is 8.50. The average Bonchev–Trinajstić information content (AvgIpc) is 2.30. The minimum absolute atomic E-state index is 0.740. The van der Waals surface area contributed by atoms with Crippen LogP contribution in [0.2, 0.25) is 0 Å². The van der Waals surface area contributed by atoms with E-state index in [2.05, 4.69) is 65.3 Å². The van der Waals surface area contributed by atoms with Gasteiger partial charge in [-0.15, -0.1) is 0 Å². The van der Waals surface area contributed by atoms with Crippen LogP contribution in [0.25, 0.3) is 5.57 Å². The Labute approximate surface area is 99.8 Å². The Morgan fingerprint density at radius 2 is 2.00 bits per heavy atom. The van der Waals surface area contributed by atoms with Crippen molar-refractivity contribution >= 4 is 21.5 Å². The van der Waals surface area contributed by atoms with Crippen molar-refractivity contribution < 1.29 is 0 Å². The molecule has 0 bridgehead atoms. The van der Waals surface area contributed by atoms with E-state index < -0.39 is 0 Å². The first-order chi connectivity index (χ1) is 7.29. The maximum atomic E-state index is 3.45. The van der Waals surface area contributed by atoms with Gasteiger partial charge in [-0.3, -0.25) is 0 Å². The average molecular weight is 263 g/mol. The van der Waals surface area contributed by atoms with Crippen molar-refractivity contribution in [2.75, 3.05) is 0 Å². The number of allylic oxidation sites excluding steroid dienone is 4. The smallest absolute Gasteiger partial charge is 0.0175 e. The van der Waals surface area contributed by atoms with Gasteiger partial charge in [-0.05, 0) is 42.0 Å². The molecule has 0 spiro atoms. The second kappa shape index (κ2) is 4.80. The largest absolute Gasteiger partial charge is 0.0805 e. The molecular weight excluding hydrogens is 248 g/mol. The summed E-state index contributed by atoms with van der Waals surface area (Å²) in [7, 11) is 0. The molecular formula is C14H15Br. The zero-order valence-corrected chi connectivity index (χ0v) is 10.5. The molecule has 0 radical (unpaired) electrons. The Bertz CT molecular complexity index is 384. The second-order valence-electron chi connectivity index (χ2n) is 3.93. The molecule has 0 N–H and O–H groups in total. The molecule has 1 aromatic rings. The van der Waals surface area contributed by atoms with Gasteiger partial charge in [0.2, 0.25) is 0 Å². The number of rotatable bonds is 2. The highest BCUT2D eigenvalue weighted by Gasteiger charge is 2.07. The van der Waals surface area contributed by atoms with Crippen LogP contribution in [0, 0.1) is 5.92 Å². The minimum Gasteiger partial charge on any atom is -0.0805 e. The highest BCUT2D eigenvalue weighted by Crippen LogP contribution is 2.26. The fraction of sp³-hybridized carbons (Fsp3) is 0.286. The Kier molecular flexibility index (Phi) is 3.42. The predicted octanol–water partition coefficient (Wildman–Crippen LogP) is 4.82. The summed E-state index contributed by atoms with van der Waals surface area (Å²) in [5, 5.41) is 0. The van der Waals surface area contributed by atoms with E-state index in [1.165, 1.54) is 24.0 Å². The topological polar surface area (TPSA) is 0 Å². The van der Waals surface area contributed by atoms with Gasteiger partial charge in [0.1, 0.15) is 0 Å². The summed E-state index contributed by atoms with van der Waals surface area (Å²) < 4.78 is 1.14. The van der Waals surface area contributed by atoms with Crippen LogP contribution < -0.4 is 0 Å². The monoisotopic (exact) mass is 262 g/mol. The SMILES string of the molecule is CCC1C=CC(c2ccc(Br)cc2)=CC1. The van der Waals surface area contributed by atoms with Crippen LogP contribution in [0.5, 0.6) is 0 Å². The summed E-state index contributed by atoms with van der Waals surface area (Å²) in [5.74, 6) is 0.740. The quantitative estimate of drug-likeness (QED) is 0.717. The van der Waals surface area contributed by atoms with Crippen molar-refractivity contribution in [1.29, 1.82) is 0 Å². The third kappa shape index (κ3) is 2.60. The van der Waals surface area contributed by atoms with E-state index in [0.29, 0.717) is 0 Å². The van der Waals surface area contributed by atoms with E-state index in [-0.39, 0.29) is 0 Å². The van der Waals surface area contributed by atoms with E-state index >= 15 is 0 Å². The summed E-state index contributed by atoms with van der Waals surface area (Å²) in [4.78, 5) is 0. The Balaban J connectivity index is 2.17. The van der Waals surface area contributed by atoms with Gasteiger partial charge < -0.3 is 0 Å². The first kappa shape index (κ1) is 10.7. The molecule has 0 saturated heterocycles.